The van der Waals surface area contributed by atoms with Crippen LogP contribution in [0.2, 0.25) is 0 Å². The summed E-state index contributed by atoms with van der Waals surface area (Å²) in [6, 6.07) is 0.230. The molecule has 0 saturated heterocycles. The van der Waals surface area contributed by atoms with E-state index in [0.717, 1.165) is 0 Å². The predicted molar refractivity (Wildman–Crippen MR) is 40.6 cm³/mol. The minimum Gasteiger partial charge on any atom is -0.277 e. The van der Waals surface area contributed by atoms with Crippen LogP contribution in [0.3, 0.4) is 0 Å². The zero-order chi connectivity index (χ0) is 7.98. The van der Waals surface area contributed by atoms with Gasteiger partial charge in [-0.25, -0.2) is 0 Å². The predicted octanol–water partition coefficient (Wildman–Crippen LogP) is 0.0159. The fourth-order valence-corrected chi connectivity index (χ4v) is 0.501. The molecule has 0 saturated carbocycles. The van der Waals surface area contributed by atoms with Crippen LogP contribution in [0, 0.1) is 0 Å². The molecule has 0 atom stereocenters. The summed E-state index contributed by atoms with van der Waals surface area (Å²) >= 11 is 0. The Balaban J connectivity index is 3.84. The van der Waals surface area contributed by atoms with Crippen molar-refractivity contribution in [1.82, 2.24) is 10.4 Å². The summed E-state index contributed by atoms with van der Waals surface area (Å²) in [6.07, 6.45) is 2.20. The molecule has 0 aliphatic heterocycles. The van der Waals surface area contributed by atoms with Gasteiger partial charge in [0.05, 0.1) is 0 Å². The number of hydrazine groups is 1. The van der Waals surface area contributed by atoms with Crippen molar-refractivity contribution in [3.05, 3.63) is 0 Å². The van der Waals surface area contributed by atoms with Gasteiger partial charge in [0.15, 0.2) is 0 Å². The van der Waals surface area contributed by atoms with Gasteiger partial charge in [-0.05, 0) is 13.8 Å². The Morgan fingerprint density at radius 2 is 2.20 bits per heavy atom. The lowest BCUT2D eigenvalue weighted by Crippen LogP contribution is -2.40. The van der Waals surface area contributed by atoms with Crippen molar-refractivity contribution in [1.29, 1.82) is 0 Å². The third-order valence-electron chi connectivity index (χ3n) is 0.998. The Morgan fingerprint density at radius 1 is 1.60 bits per heavy atom. The van der Waals surface area contributed by atoms with E-state index in [1.165, 1.54) is 0 Å². The summed E-state index contributed by atoms with van der Waals surface area (Å²) in [5.74, 6) is 0. The number of hydrogen-bond acceptors (Lipinski definition) is 2. The van der Waals surface area contributed by atoms with E-state index >= 15 is 0 Å². The highest BCUT2D eigenvalue weighted by atomic mass is 16.1. The standard InChI is InChI=1S/C6H13N3O/c1-6(2)9(4-7-3)8-5-10/h4-6H,1-3H3,(H,8,10)/b7-4-. The van der Waals surface area contributed by atoms with Crippen molar-refractivity contribution < 1.29 is 4.79 Å². The number of nitrogens with one attached hydrogen (secondary N) is 1. The molecule has 0 aromatic carbocycles. The van der Waals surface area contributed by atoms with Crippen LogP contribution in [0.1, 0.15) is 13.8 Å². The molecule has 58 valence electrons. The lowest BCUT2D eigenvalue weighted by atomic mass is 10.4. The van der Waals surface area contributed by atoms with Gasteiger partial charge in [-0.15, -0.1) is 0 Å². The summed E-state index contributed by atoms with van der Waals surface area (Å²) in [4.78, 5) is 13.7. The van der Waals surface area contributed by atoms with Crippen LogP contribution in [-0.2, 0) is 4.79 Å². The van der Waals surface area contributed by atoms with Gasteiger partial charge < -0.3 is 0 Å². The molecular formula is C6H13N3O. The lowest BCUT2D eigenvalue weighted by Gasteiger charge is -2.21. The summed E-state index contributed by atoms with van der Waals surface area (Å²) < 4.78 is 0. The number of amides is 1. The molecule has 0 aromatic heterocycles. The molecule has 4 heteroatoms. The van der Waals surface area contributed by atoms with Crippen molar-refractivity contribution in [2.45, 2.75) is 19.9 Å². The normalized spacial score (nSPS) is 10.4. The summed E-state index contributed by atoms with van der Waals surface area (Å²) in [5, 5.41) is 1.62. The maximum atomic E-state index is 9.98. The molecule has 0 aliphatic rings. The summed E-state index contributed by atoms with van der Waals surface area (Å²) in [7, 11) is 1.65. The van der Waals surface area contributed by atoms with Gasteiger partial charge >= 0.3 is 0 Å². The second kappa shape index (κ2) is 4.78. The fourth-order valence-electron chi connectivity index (χ4n) is 0.501. The van der Waals surface area contributed by atoms with Crippen molar-refractivity contribution in [2.75, 3.05) is 7.05 Å². The van der Waals surface area contributed by atoms with E-state index < -0.39 is 0 Å². The fraction of sp³-hybridized carbons (Fsp3) is 0.667. The molecule has 4 nitrogen and oxygen atoms in total. The van der Waals surface area contributed by atoms with E-state index in [0.29, 0.717) is 6.41 Å². The zero-order valence-corrected chi connectivity index (χ0v) is 6.53. The van der Waals surface area contributed by atoms with Crippen molar-refractivity contribution in [3.63, 3.8) is 0 Å². The van der Waals surface area contributed by atoms with Crippen LogP contribution in [-0.4, -0.2) is 30.8 Å². The first kappa shape index (κ1) is 8.94. The van der Waals surface area contributed by atoms with Crippen LogP contribution in [0.25, 0.3) is 0 Å². The zero-order valence-electron chi connectivity index (χ0n) is 6.53. The summed E-state index contributed by atoms with van der Waals surface area (Å²) in [5.41, 5.74) is 2.49. The maximum absolute atomic E-state index is 9.98. The molecule has 0 fully saturated rings. The Morgan fingerprint density at radius 3 is 2.50 bits per heavy atom. The molecule has 1 amide bonds. The monoisotopic (exact) mass is 143 g/mol. The number of rotatable bonds is 4. The van der Waals surface area contributed by atoms with Gasteiger partial charge in [-0.3, -0.25) is 20.2 Å². The second-order valence-corrected chi connectivity index (χ2v) is 2.12. The van der Waals surface area contributed by atoms with Crippen molar-refractivity contribution >= 4 is 12.7 Å². The Labute approximate surface area is 60.9 Å². The van der Waals surface area contributed by atoms with Gasteiger partial charge in [0.1, 0.15) is 6.34 Å². The molecule has 1 N–H and O–H groups in total. The lowest BCUT2D eigenvalue weighted by molar-refractivity contribution is -0.112. The molecule has 0 aromatic rings. The number of aliphatic imine (C=N–C) groups is 1. The van der Waals surface area contributed by atoms with Crippen molar-refractivity contribution in [2.24, 2.45) is 4.99 Å². The van der Waals surface area contributed by atoms with Gasteiger partial charge in [0.25, 0.3) is 0 Å². The summed E-state index contributed by atoms with van der Waals surface area (Å²) in [6.45, 7) is 3.91. The minimum absolute atomic E-state index is 0.230. The van der Waals surface area contributed by atoms with Gasteiger partial charge in [-0.1, -0.05) is 0 Å². The third kappa shape index (κ3) is 3.06. The highest BCUT2D eigenvalue weighted by Crippen LogP contribution is 1.87. The smallest absolute Gasteiger partial charge is 0.225 e. The number of carbonyl (C=O) groups excluding carboxylic acids is 1. The molecule has 0 heterocycles. The molecule has 0 bridgehead atoms. The molecular weight excluding hydrogens is 130 g/mol. The Kier molecular flexibility index (Phi) is 4.28. The molecule has 10 heavy (non-hydrogen) atoms. The topological polar surface area (TPSA) is 44.7 Å². The average molecular weight is 143 g/mol. The first-order chi connectivity index (χ1) is 4.72. The van der Waals surface area contributed by atoms with E-state index in [1.54, 1.807) is 18.4 Å². The SMILES string of the molecule is C/N=C\N(NC=O)C(C)C. The van der Waals surface area contributed by atoms with E-state index in [1.807, 2.05) is 13.8 Å². The quantitative estimate of drug-likeness (QED) is 0.261. The van der Waals surface area contributed by atoms with E-state index in [4.69, 9.17) is 0 Å². The van der Waals surface area contributed by atoms with Crippen LogP contribution in [0.5, 0.6) is 0 Å². The van der Waals surface area contributed by atoms with Gasteiger partial charge in [0, 0.05) is 13.1 Å². The molecule has 0 radical (unpaired) electrons. The maximum Gasteiger partial charge on any atom is 0.225 e. The van der Waals surface area contributed by atoms with E-state index in [9.17, 15) is 4.79 Å². The average Bonchev–Trinajstić information content (AvgIpc) is 1.87. The van der Waals surface area contributed by atoms with Gasteiger partial charge in [-0.2, -0.15) is 0 Å². The Bertz CT molecular complexity index is 122. The number of carbonyl (C=O) groups is 1. The van der Waals surface area contributed by atoms with Gasteiger partial charge in [0.2, 0.25) is 6.41 Å². The molecule has 0 aliphatic carbocycles. The van der Waals surface area contributed by atoms with Crippen LogP contribution in [0.4, 0.5) is 0 Å². The van der Waals surface area contributed by atoms with Crippen LogP contribution >= 0.6 is 0 Å². The highest BCUT2D eigenvalue weighted by molar-refractivity contribution is 5.58. The number of hydrogen-bond donors (Lipinski definition) is 1. The highest BCUT2D eigenvalue weighted by Gasteiger charge is 2.00. The first-order valence-electron chi connectivity index (χ1n) is 3.12. The first-order valence-corrected chi connectivity index (χ1v) is 3.12. The largest absolute Gasteiger partial charge is 0.277 e. The van der Waals surface area contributed by atoms with E-state index in [-0.39, 0.29) is 6.04 Å². The minimum atomic E-state index is 0.230. The Hall–Kier alpha value is -1.06. The third-order valence-corrected chi connectivity index (χ3v) is 0.998. The van der Waals surface area contributed by atoms with Crippen LogP contribution < -0.4 is 5.43 Å². The molecule has 0 spiro atoms. The number of nitrogens with zero attached hydrogens (tertiary/aromatic N) is 2. The van der Waals surface area contributed by atoms with Crippen molar-refractivity contribution in [3.8, 4) is 0 Å². The van der Waals surface area contributed by atoms with E-state index in [2.05, 4.69) is 10.4 Å². The second-order valence-electron chi connectivity index (χ2n) is 2.12. The van der Waals surface area contributed by atoms with Crippen LogP contribution in [0.15, 0.2) is 4.99 Å². The molecule has 0 unspecified atom stereocenters. The molecule has 0 rings (SSSR count).